The van der Waals surface area contributed by atoms with E-state index in [0.717, 1.165) is 16.1 Å². The van der Waals surface area contributed by atoms with Crippen LogP contribution in [0.1, 0.15) is 17.2 Å². The van der Waals surface area contributed by atoms with Crippen molar-refractivity contribution < 1.29 is 0 Å². The highest BCUT2D eigenvalue weighted by atomic mass is 35.5. The van der Waals surface area contributed by atoms with Crippen molar-refractivity contribution in [2.75, 3.05) is 5.73 Å². The molecule has 5 heteroatoms. The Bertz CT molecular complexity index is 530. The summed E-state index contributed by atoms with van der Waals surface area (Å²) in [5.41, 5.74) is 10.5. The van der Waals surface area contributed by atoms with Gasteiger partial charge in [0, 0.05) is 16.8 Å². The van der Waals surface area contributed by atoms with E-state index in [-0.39, 0.29) is 6.04 Å². The van der Waals surface area contributed by atoms with Gasteiger partial charge in [0.15, 0.2) is 0 Å². The van der Waals surface area contributed by atoms with Crippen molar-refractivity contribution in [2.24, 2.45) is 5.84 Å². The molecule has 18 heavy (non-hydrogen) atoms. The van der Waals surface area contributed by atoms with E-state index >= 15 is 0 Å². The van der Waals surface area contributed by atoms with Crippen LogP contribution in [-0.2, 0) is 6.42 Å². The molecule has 1 unspecified atom stereocenters. The van der Waals surface area contributed by atoms with E-state index < -0.39 is 0 Å². The minimum atomic E-state index is -0.112. The molecule has 0 aliphatic carbocycles. The summed E-state index contributed by atoms with van der Waals surface area (Å²) in [6, 6.07) is 11.3. The molecule has 0 fully saturated rings. The molecule has 1 atom stereocenters. The third-order valence-electron chi connectivity index (χ3n) is 2.83. The van der Waals surface area contributed by atoms with E-state index in [1.165, 1.54) is 0 Å². The third kappa shape index (κ3) is 2.79. The summed E-state index contributed by atoms with van der Waals surface area (Å²) >= 11 is 6.14. The van der Waals surface area contributed by atoms with E-state index in [9.17, 15) is 0 Å². The second-order valence-electron chi connectivity index (χ2n) is 3.99. The molecule has 0 bridgehead atoms. The first kappa shape index (κ1) is 12.8. The molecule has 0 amide bonds. The Balaban J connectivity index is 2.26. The number of nitrogens with one attached hydrogen (secondary N) is 1. The Kier molecular flexibility index (Phi) is 4.15. The van der Waals surface area contributed by atoms with E-state index in [4.69, 9.17) is 23.2 Å². The molecule has 0 aliphatic rings. The fraction of sp³-hybridized carbons (Fsp3) is 0.154. The highest BCUT2D eigenvalue weighted by molar-refractivity contribution is 6.31. The van der Waals surface area contributed by atoms with Crippen LogP contribution in [0.3, 0.4) is 0 Å². The number of benzene rings is 1. The number of pyridine rings is 1. The summed E-state index contributed by atoms with van der Waals surface area (Å²) in [5, 5.41) is 0.722. The van der Waals surface area contributed by atoms with Gasteiger partial charge in [-0.15, -0.1) is 0 Å². The molecule has 0 radical (unpaired) electrons. The predicted octanol–water partition coefficient (Wildman–Crippen LogP) is 2.06. The van der Waals surface area contributed by atoms with Crippen LogP contribution in [0.4, 0.5) is 5.82 Å². The van der Waals surface area contributed by atoms with E-state index in [1.807, 2.05) is 36.4 Å². The second kappa shape index (κ2) is 5.82. The maximum absolute atomic E-state index is 6.14. The monoisotopic (exact) mass is 262 g/mol. The average Bonchev–Trinajstić information content (AvgIpc) is 2.39. The van der Waals surface area contributed by atoms with Crippen molar-refractivity contribution in [3.63, 3.8) is 0 Å². The van der Waals surface area contributed by atoms with Crippen LogP contribution in [-0.4, -0.2) is 4.98 Å². The molecule has 0 saturated heterocycles. The lowest BCUT2D eigenvalue weighted by Gasteiger charge is -2.18. The van der Waals surface area contributed by atoms with Gasteiger partial charge >= 0.3 is 0 Å². The molecule has 1 aromatic heterocycles. The number of halogens is 1. The quantitative estimate of drug-likeness (QED) is 0.582. The van der Waals surface area contributed by atoms with E-state index in [2.05, 4.69) is 10.4 Å². The van der Waals surface area contributed by atoms with Gasteiger partial charge in [0.05, 0.1) is 6.04 Å². The Morgan fingerprint density at radius 1 is 1.22 bits per heavy atom. The molecule has 2 rings (SSSR count). The molecule has 0 spiro atoms. The molecule has 2 aromatic rings. The fourth-order valence-electron chi connectivity index (χ4n) is 1.87. The average molecular weight is 263 g/mol. The van der Waals surface area contributed by atoms with Crippen molar-refractivity contribution in [1.82, 2.24) is 10.4 Å². The van der Waals surface area contributed by atoms with Crippen LogP contribution in [0.25, 0.3) is 0 Å². The summed E-state index contributed by atoms with van der Waals surface area (Å²) in [4.78, 5) is 4.06. The number of hydrogen-bond donors (Lipinski definition) is 3. The molecular formula is C13H15ClN4. The number of hydrogen-bond acceptors (Lipinski definition) is 4. The number of nitrogens with zero attached hydrogens (tertiary/aromatic N) is 1. The van der Waals surface area contributed by atoms with Gasteiger partial charge in [0.1, 0.15) is 5.82 Å². The predicted molar refractivity (Wildman–Crippen MR) is 73.9 cm³/mol. The van der Waals surface area contributed by atoms with Gasteiger partial charge in [-0.2, -0.15) is 0 Å². The normalized spacial score (nSPS) is 12.3. The molecule has 4 nitrogen and oxygen atoms in total. The van der Waals surface area contributed by atoms with Gasteiger partial charge in [0.25, 0.3) is 0 Å². The Morgan fingerprint density at radius 3 is 2.67 bits per heavy atom. The Labute approximate surface area is 111 Å². The summed E-state index contributed by atoms with van der Waals surface area (Å²) in [7, 11) is 0. The van der Waals surface area contributed by atoms with Crippen LogP contribution in [0, 0.1) is 0 Å². The lowest BCUT2D eigenvalue weighted by molar-refractivity contribution is 0.552. The SMILES string of the molecule is NNC(Cc1ccccc1Cl)c1cccnc1N. The number of nitrogen functional groups attached to an aromatic ring is 1. The lowest BCUT2D eigenvalue weighted by Crippen LogP contribution is -2.30. The topological polar surface area (TPSA) is 77.0 Å². The van der Waals surface area contributed by atoms with Crippen LogP contribution in [0.2, 0.25) is 5.02 Å². The maximum atomic E-state index is 6.14. The summed E-state index contributed by atoms with van der Waals surface area (Å²) in [6.07, 6.45) is 2.31. The molecule has 0 aliphatic heterocycles. The molecule has 1 aromatic carbocycles. The van der Waals surface area contributed by atoms with Gasteiger partial charge in [-0.3, -0.25) is 11.3 Å². The highest BCUT2D eigenvalue weighted by Gasteiger charge is 2.15. The van der Waals surface area contributed by atoms with Gasteiger partial charge in [-0.25, -0.2) is 4.98 Å². The van der Waals surface area contributed by atoms with Crippen molar-refractivity contribution >= 4 is 17.4 Å². The van der Waals surface area contributed by atoms with Crippen molar-refractivity contribution in [2.45, 2.75) is 12.5 Å². The zero-order valence-corrected chi connectivity index (χ0v) is 10.6. The fourth-order valence-corrected chi connectivity index (χ4v) is 2.08. The first-order valence-corrected chi connectivity index (χ1v) is 6.00. The molecule has 5 N–H and O–H groups in total. The summed E-state index contributed by atoms with van der Waals surface area (Å²) in [6.45, 7) is 0. The number of rotatable bonds is 4. The molecular weight excluding hydrogens is 248 g/mol. The lowest BCUT2D eigenvalue weighted by atomic mass is 10.00. The summed E-state index contributed by atoms with van der Waals surface area (Å²) < 4.78 is 0. The van der Waals surface area contributed by atoms with Crippen LogP contribution < -0.4 is 17.0 Å². The van der Waals surface area contributed by atoms with Gasteiger partial charge in [-0.05, 0) is 24.1 Å². The van der Waals surface area contributed by atoms with Gasteiger partial charge in [-0.1, -0.05) is 35.9 Å². The number of hydrazine groups is 1. The number of aromatic nitrogens is 1. The van der Waals surface area contributed by atoms with Gasteiger partial charge < -0.3 is 5.73 Å². The number of anilines is 1. The largest absolute Gasteiger partial charge is 0.383 e. The molecule has 94 valence electrons. The maximum Gasteiger partial charge on any atom is 0.128 e. The van der Waals surface area contributed by atoms with Crippen molar-refractivity contribution in [3.8, 4) is 0 Å². The smallest absolute Gasteiger partial charge is 0.128 e. The Hall–Kier alpha value is -1.62. The van der Waals surface area contributed by atoms with Gasteiger partial charge in [0.2, 0.25) is 0 Å². The minimum Gasteiger partial charge on any atom is -0.383 e. The zero-order valence-electron chi connectivity index (χ0n) is 9.81. The van der Waals surface area contributed by atoms with Crippen molar-refractivity contribution in [3.05, 3.63) is 58.7 Å². The van der Waals surface area contributed by atoms with Crippen LogP contribution in [0.5, 0.6) is 0 Å². The second-order valence-corrected chi connectivity index (χ2v) is 4.40. The molecule has 0 saturated carbocycles. The number of nitrogens with two attached hydrogens (primary N) is 2. The standard InChI is InChI=1S/C13H15ClN4/c14-11-6-2-1-4-9(11)8-12(18-16)10-5-3-7-17-13(10)15/h1-7,12,18H,8,16H2,(H2,15,17). The summed E-state index contributed by atoms with van der Waals surface area (Å²) in [5.74, 6) is 6.07. The zero-order chi connectivity index (χ0) is 13.0. The molecule has 1 heterocycles. The van der Waals surface area contributed by atoms with E-state index in [1.54, 1.807) is 6.20 Å². The third-order valence-corrected chi connectivity index (χ3v) is 3.20. The van der Waals surface area contributed by atoms with Crippen LogP contribution >= 0.6 is 11.6 Å². The van der Waals surface area contributed by atoms with E-state index in [0.29, 0.717) is 12.2 Å². The Morgan fingerprint density at radius 2 is 2.00 bits per heavy atom. The van der Waals surface area contributed by atoms with Crippen molar-refractivity contribution in [1.29, 1.82) is 0 Å². The first-order chi connectivity index (χ1) is 8.72. The minimum absolute atomic E-state index is 0.112. The first-order valence-electron chi connectivity index (χ1n) is 5.62. The van der Waals surface area contributed by atoms with Crippen LogP contribution in [0.15, 0.2) is 42.6 Å². The highest BCUT2D eigenvalue weighted by Crippen LogP contribution is 2.25.